The molecule has 0 aromatic heterocycles. The molecule has 0 fully saturated rings. The molecule has 0 N–H and O–H groups in total. The number of hydrogen-bond donors (Lipinski definition) is 0. The number of ketones is 1. The summed E-state index contributed by atoms with van der Waals surface area (Å²) in [4.78, 5) is 21.2. The summed E-state index contributed by atoms with van der Waals surface area (Å²) < 4.78 is 4.92. The minimum Gasteiger partial charge on any atom is -0.466 e. The van der Waals surface area contributed by atoms with Gasteiger partial charge in [0.05, 0.1) is 11.0 Å². The highest BCUT2D eigenvalue weighted by molar-refractivity contribution is 14.1. The lowest BCUT2D eigenvalue weighted by atomic mass is 10.3. The first-order valence-electron chi connectivity index (χ1n) is 4.85. The molecule has 0 aliphatic heterocycles. The molecule has 0 aromatic rings. The second-order valence-corrected chi connectivity index (χ2v) is 3.42. The van der Waals surface area contributed by atoms with Gasteiger partial charge in [-0.25, -0.2) is 0 Å². The molecule has 0 heterocycles. The lowest BCUT2D eigenvalue weighted by Gasteiger charge is -1.97. The minimum atomic E-state index is -0.427. The van der Waals surface area contributed by atoms with E-state index in [1.54, 1.807) is 6.92 Å². The van der Waals surface area contributed by atoms with Crippen molar-refractivity contribution >= 4 is 34.3 Å². The smallest absolute Gasteiger partial charge is 0.313 e. The van der Waals surface area contributed by atoms with Crippen molar-refractivity contribution in [2.75, 3.05) is 11.0 Å². The molecular formula is C10H19IO3. The van der Waals surface area contributed by atoms with Crippen LogP contribution < -0.4 is 0 Å². The average molecular weight is 314 g/mol. The van der Waals surface area contributed by atoms with Crippen LogP contribution >= 0.6 is 22.6 Å². The van der Waals surface area contributed by atoms with Crippen LogP contribution in [-0.2, 0) is 14.3 Å². The van der Waals surface area contributed by atoms with Gasteiger partial charge in [0.15, 0.2) is 5.78 Å². The molecule has 0 saturated heterocycles. The van der Waals surface area contributed by atoms with E-state index in [1.165, 1.54) is 12.8 Å². The maximum absolute atomic E-state index is 10.6. The Morgan fingerprint density at radius 3 is 1.93 bits per heavy atom. The van der Waals surface area contributed by atoms with Crippen LogP contribution in [0.1, 0.15) is 40.0 Å². The lowest BCUT2D eigenvalue weighted by Crippen LogP contribution is -2.11. The van der Waals surface area contributed by atoms with E-state index in [9.17, 15) is 9.59 Å². The summed E-state index contributed by atoms with van der Waals surface area (Å²) in [5, 5.41) is 0. The first kappa shape index (κ1) is 16.3. The zero-order chi connectivity index (χ0) is 11.4. The van der Waals surface area contributed by atoms with Gasteiger partial charge in [-0.05, 0) is 6.92 Å². The van der Waals surface area contributed by atoms with Crippen LogP contribution in [0.3, 0.4) is 0 Å². The third-order valence-electron chi connectivity index (χ3n) is 1.30. The summed E-state index contributed by atoms with van der Waals surface area (Å²) in [5.41, 5.74) is 0. The Morgan fingerprint density at radius 1 is 1.14 bits per heavy atom. The fraction of sp³-hybridized carbons (Fsp3) is 0.800. The van der Waals surface area contributed by atoms with Gasteiger partial charge in [-0.15, -0.1) is 0 Å². The number of hydrogen-bond acceptors (Lipinski definition) is 3. The summed E-state index contributed by atoms with van der Waals surface area (Å²) in [5.74, 6) is -0.511. The van der Waals surface area contributed by atoms with Crippen molar-refractivity contribution in [2.45, 2.75) is 40.0 Å². The molecular weight excluding hydrogens is 295 g/mol. The van der Waals surface area contributed by atoms with Crippen LogP contribution in [0, 0.1) is 0 Å². The van der Waals surface area contributed by atoms with Crippen molar-refractivity contribution in [3.05, 3.63) is 0 Å². The van der Waals surface area contributed by atoms with E-state index in [4.69, 9.17) is 0 Å². The second kappa shape index (κ2) is 12.9. The van der Waals surface area contributed by atoms with E-state index in [1.807, 2.05) is 22.6 Å². The number of esters is 1. The molecule has 0 unspecified atom stereocenters. The normalized spacial score (nSPS) is 8.57. The van der Waals surface area contributed by atoms with E-state index in [-0.39, 0.29) is 12.2 Å². The van der Waals surface area contributed by atoms with Crippen molar-refractivity contribution < 1.29 is 14.3 Å². The second-order valence-electron chi connectivity index (χ2n) is 2.65. The van der Waals surface area contributed by atoms with Gasteiger partial charge in [-0.3, -0.25) is 9.59 Å². The monoisotopic (exact) mass is 314 g/mol. The zero-order valence-electron chi connectivity index (χ0n) is 9.14. The van der Waals surface area contributed by atoms with Crippen molar-refractivity contribution in [3.8, 4) is 0 Å². The Bertz CT molecular complexity index is 155. The zero-order valence-corrected chi connectivity index (χ0v) is 11.3. The summed E-state index contributed by atoms with van der Waals surface area (Å²) >= 11 is 1.92. The maximum Gasteiger partial charge on any atom is 0.313 e. The summed E-state index contributed by atoms with van der Waals surface area (Å²) in [6.45, 7) is 6.42. The minimum absolute atomic E-state index is 0.0842. The highest BCUT2D eigenvalue weighted by atomic mass is 127. The van der Waals surface area contributed by atoms with Gasteiger partial charge >= 0.3 is 5.97 Å². The van der Waals surface area contributed by atoms with Crippen LogP contribution in [0.2, 0.25) is 0 Å². The first-order chi connectivity index (χ1) is 6.62. The predicted molar refractivity (Wildman–Crippen MR) is 65.7 cm³/mol. The Morgan fingerprint density at radius 2 is 1.64 bits per heavy atom. The molecule has 0 rings (SSSR count). The quantitative estimate of drug-likeness (QED) is 0.339. The molecule has 0 bridgehead atoms. The van der Waals surface area contributed by atoms with Gasteiger partial charge in [0, 0.05) is 0 Å². The van der Waals surface area contributed by atoms with Crippen molar-refractivity contribution in [3.63, 3.8) is 0 Å². The van der Waals surface area contributed by atoms with Crippen LogP contribution in [0.25, 0.3) is 0 Å². The fourth-order valence-electron chi connectivity index (χ4n) is 0.420. The van der Waals surface area contributed by atoms with Crippen molar-refractivity contribution in [2.24, 2.45) is 0 Å². The van der Waals surface area contributed by atoms with Crippen LogP contribution in [0.5, 0.6) is 0 Å². The van der Waals surface area contributed by atoms with E-state index in [2.05, 4.69) is 18.6 Å². The van der Waals surface area contributed by atoms with Crippen LogP contribution in [0.15, 0.2) is 0 Å². The number of carbonyl (C=O) groups is 2. The summed E-state index contributed by atoms with van der Waals surface area (Å²) in [6.07, 6.45) is 2.55. The average Bonchev–Trinajstić information content (AvgIpc) is 2.18. The Kier molecular flexibility index (Phi) is 15.0. The molecule has 84 valence electrons. The Labute approximate surface area is 99.7 Å². The molecule has 0 aliphatic rings. The van der Waals surface area contributed by atoms with E-state index < -0.39 is 5.97 Å². The Hall–Kier alpha value is -0.130. The molecule has 0 saturated carbocycles. The number of ether oxygens (including phenoxy) is 1. The van der Waals surface area contributed by atoms with Gasteiger partial charge in [0.25, 0.3) is 0 Å². The molecule has 4 heteroatoms. The topological polar surface area (TPSA) is 43.4 Å². The molecule has 0 aromatic carbocycles. The van der Waals surface area contributed by atoms with Gasteiger partial charge in [0.2, 0.25) is 0 Å². The third-order valence-corrected chi connectivity index (χ3v) is 2.15. The number of halogens is 1. The highest BCUT2D eigenvalue weighted by Crippen LogP contribution is 1.92. The summed E-state index contributed by atoms with van der Waals surface area (Å²) in [6, 6.07) is 0. The molecule has 14 heavy (non-hydrogen) atoms. The number of rotatable bonds is 5. The standard InChI is InChI=1S/C6H9IO3.C4H10/c1-2-10-6(9)3-5(8)4-7;1-3-4-2/h2-4H2,1H3;3-4H2,1-2H3. The highest BCUT2D eigenvalue weighted by Gasteiger charge is 2.07. The predicted octanol–water partition coefficient (Wildman–Crippen LogP) is 2.75. The van der Waals surface area contributed by atoms with Crippen LogP contribution in [-0.4, -0.2) is 22.8 Å². The SMILES string of the molecule is CCCC.CCOC(=O)CC(=O)CI. The van der Waals surface area contributed by atoms with Gasteiger partial charge in [0.1, 0.15) is 6.42 Å². The molecule has 0 radical (unpaired) electrons. The maximum atomic E-state index is 10.6. The third kappa shape index (κ3) is 14.4. The van der Waals surface area contributed by atoms with Crippen molar-refractivity contribution in [1.82, 2.24) is 0 Å². The number of unbranched alkanes of at least 4 members (excludes halogenated alkanes) is 1. The molecule has 0 spiro atoms. The molecule has 0 aliphatic carbocycles. The number of carbonyl (C=O) groups excluding carboxylic acids is 2. The molecule has 0 atom stereocenters. The fourth-order valence-corrected chi connectivity index (χ4v) is 0.690. The van der Waals surface area contributed by atoms with Crippen molar-refractivity contribution in [1.29, 1.82) is 0 Å². The molecule has 3 nitrogen and oxygen atoms in total. The largest absolute Gasteiger partial charge is 0.466 e. The Balaban J connectivity index is 0. The van der Waals surface area contributed by atoms with E-state index in [0.717, 1.165) is 0 Å². The lowest BCUT2D eigenvalue weighted by molar-refractivity contribution is -0.145. The van der Waals surface area contributed by atoms with Gasteiger partial charge in [-0.2, -0.15) is 0 Å². The van der Waals surface area contributed by atoms with Gasteiger partial charge in [-0.1, -0.05) is 49.3 Å². The van der Waals surface area contributed by atoms with E-state index in [0.29, 0.717) is 11.0 Å². The first-order valence-corrected chi connectivity index (χ1v) is 6.38. The van der Waals surface area contributed by atoms with Gasteiger partial charge < -0.3 is 4.74 Å². The number of alkyl halides is 1. The number of Topliss-reactive ketones (excluding diaryl/α,β-unsaturated/α-hetero) is 1. The van der Waals surface area contributed by atoms with Crippen LogP contribution in [0.4, 0.5) is 0 Å². The summed E-state index contributed by atoms with van der Waals surface area (Å²) in [7, 11) is 0. The molecule has 0 amide bonds. The van der Waals surface area contributed by atoms with E-state index >= 15 is 0 Å².